The van der Waals surface area contributed by atoms with Crippen LogP contribution in [0.25, 0.3) is 0 Å². The van der Waals surface area contributed by atoms with Crippen LogP contribution in [0.1, 0.15) is 44.0 Å². The molecule has 1 atom stereocenters. The zero-order chi connectivity index (χ0) is 14.9. The van der Waals surface area contributed by atoms with Crippen molar-refractivity contribution >= 4 is 11.6 Å². The minimum Gasteiger partial charge on any atom is -0.380 e. The van der Waals surface area contributed by atoms with Gasteiger partial charge in [-0.15, -0.1) is 0 Å². The van der Waals surface area contributed by atoms with Gasteiger partial charge in [-0.2, -0.15) is 0 Å². The van der Waals surface area contributed by atoms with Crippen molar-refractivity contribution in [3.05, 3.63) is 29.3 Å². The Morgan fingerprint density at radius 3 is 2.35 bits per heavy atom. The second-order valence-electron chi connectivity index (χ2n) is 5.96. The van der Waals surface area contributed by atoms with Crippen molar-refractivity contribution < 1.29 is 13.6 Å². The number of carbonyl (C=O) groups excluding carboxylic acids is 1. The lowest BCUT2D eigenvalue weighted by molar-refractivity contribution is 0.0945. The van der Waals surface area contributed by atoms with Crippen LogP contribution in [0.4, 0.5) is 14.5 Å². The van der Waals surface area contributed by atoms with Gasteiger partial charge in [0.1, 0.15) is 17.3 Å². The SMILES string of the molecule is CCCNc1c(F)cc(C(=O)NC2CC2(C)C)cc1F. The van der Waals surface area contributed by atoms with Crippen LogP contribution in [0.2, 0.25) is 0 Å². The summed E-state index contributed by atoms with van der Waals surface area (Å²) in [6.45, 7) is 6.46. The predicted octanol–water partition coefficient (Wildman–Crippen LogP) is 3.32. The molecule has 0 radical (unpaired) electrons. The molecule has 1 aliphatic carbocycles. The van der Waals surface area contributed by atoms with Gasteiger partial charge in [0.2, 0.25) is 0 Å². The summed E-state index contributed by atoms with van der Waals surface area (Å²) in [7, 11) is 0. The summed E-state index contributed by atoms with van der Waals surface area (Å²) in [5, 5.41) is 5.47. The molecule has 1 saturated carbocycles. The summed E-state index contributed by atoms with van der Waals surface area (Å²) in [5.41, 5.74) is -0.0741. The van der Waals surface area contributed by atoms with Crippen LogP contribution in [0, 0.1) is 17.0 Å². The Balaban J connectivity index is 2.11. The van der Waals surface area contributed by atoms with Crippen LogP contribution in [-0.4, -0.2) is 18.5 Å². The molecular weight excluding hydrogens is 262 g/mol. The van der Waals surface area contributed by atoms with Gasteiger partial charge in [0.25, 0.3) is 5.91 Å². The highest BCUT2D eigenvalue weighted by molar-refractivity contribution is 5.95. The number of carbonyl (C=O) groups is 1. The van der Waals surface area contributed by atoms with E-state index >= 15 is 0 Å². The second kappa shape index (κ2) is 5.38. The van der Waals surface area contributed by atoms with Crippen molar-refractivity contribution in [1.82, 2.24) is 5.32 Å². The fourth-order valence-electron chi connectivity index (χ4n) is 2.08. The summed E-state index contributed by atoms with van der Waals surface area (Å²) in [6, 6.07) is 2.23. The lowest BCUT2D eigenvalue weighted by Gasteiger charge is -2.11. The molecule has 1 unspecified atom stereocenters. The normalized spacial score (nSPS) is 19.6. The largest absolute Gasteiger partial charge is 0.380 e. The molecule has 110 valence electrons. The van der Waals surface area contributed by atoms with Crippen LogP contribution < -0.4 is 10.6 Å². The molecule has 0 saturated heterocycles. The first-order chi connectivity index (χ1) is 9.35. The predicted molar refractivity (Wildman–Crippen MR) is 74.8 cm³/mol. The third kappa shape index (κ3) is 3.08. The number of rotatable bonds is 5. The standard InChI is InChI=1S/C15H20F2N2O/c1-4-5-18-13-10(16)6-9(7-11(13)17)14(20)19-12-8-15(12,2)3/h6-7,12,18H,4-5,8H2,1-3H3,(H,19,20). The smallest absolute Gasteiger partial charge is 0.251 e. The lowest BCUT2D eigenvalue weighted by Crippen LogP contribution is -2.28. The number of benzene rings is 1. The van der Waals surface area contributed by atoms with Crippen molar-refractivity contribution in [3.63, 3.8) is 0 Å². The molecular formula is C15H20F2N2O. The summed E-state index contributed by atoms with van der Waals surface area (Å²) in [4.78, 5) is 11.9. The molecule has 1 amide bonds. The Kier molecular flexibility index (Phi) is 3.97. The number of anilines is 1. The van der Waals surface area contributed by atoms with E-state index in [4.69, 9.17) is 0 Å². The van der Waals surface area contributed by atoms with Gasteiger partial charge in [0.05, 0.1) is 0 Å². The minimum atomic E-state index is -0.737. The van der Waals surface area contributed by atoms with Gasteiger partial charge in [0.15, 0.2) is 0 Å². The molecule has 2 N–H and O–H groups in total. The van der Waals surface area contributed by atoms with Crippen molar-refractivity contribution in [3.8, 4) is 0 Å². The highest BCUT2D eigenvalue weighted by Crippen LogP contribution is 2.44. The average Bonchev–Trinajstić information content (AvgIpc) is 2.95. The zero-order valence-corrected chi connectivity index (χ0v) is 12.0. The first kappa shape index (κ1) is 14.8. The van der Waals surface area contributed by atoms with Crippen molar-refractivity contribution in [2.45, 2.75) is 39.7 Å². The molecule has 0 spiro atoms. The molecule has 20 heavy (non-hydrogen) atoms. The van der Waals surface area contributed by atoms with E-state index in [0.29, 0.717) is 6.54 Å². The van der Waals surface area contributed by atoms with Gasteiger partial charge >= 0.3 is 0 Å². The van der Waals surface area contributed by atoms with E-state index in [9.17, 15) is 13.6 Å². The Hall–Kier alpha value is -1.65. The molecule has 0 heterocycles. The summed E-state index contributed by atoms with van der Waals surface area (Å²) in [6.07, 6.45) is 1.65. The van der Waals surface area contributed by atoms with E-state index in [-0.39, 0.29) is 22.7 Å². The fourth-order valence-corrected chi connectivity index (χ4v) is 2.08. The highest BCUT2D eigenvalue weighted by Gasteiger charge is 2.46. The monoisotopic (exact) mass is 282 g/mol. The Bertz CT molecular complexity index is 506. The molecule has 2 rings (SSSR count). The molecule has 0 bridgehead atoms. The van der Waals surface area contributed by atoms with Gasteiger partial charge in [-0.05, 0) is 30.4 Å². The van der Waals surface area contributed by atoms with Crippen molar-refractivity contribution in [2.75, 3.05) is 11.9 Å². The summed E-state index contributed by atoms with van der Waals surface area (Å²) in [5.74, 6) is -1.90. The van der Waals surface area contributed by atoms with E-state index < -0.39 is 17.5 Å². The van der Waals surface area contributed by atoms with Gasteiger partial charge < -0.3 is 10.6 Å². The van der Waals surface area contributed by atoms with Crippen LogP contribution in [-0.2, 0) is 0 Å². The van der Waals surface area contributed by atoms with Crippen LogP contribution in [0.5, 0.6) is 0 Å². The zero-order valence-electron chi connectivity index (χ0n) is 12.0. The van der Waals surface area contributed by atoms with Crippen LogP contribution in [0.15, 0.2) is 12.1 Å². The maximum atomic E-state index is 13.8. The third-order valence-corrected chi connectivity index (χ3v) is 3.67. The van der Waals surface area contributed by atoms with Crippen molar-refractivity contribution in [2.24, 2.45) is 5.41 Å². The number of amides is 1. The second-order valence-corrected chi connectivity index (χ2v) is 5.96. The van der Waals surface area contributed by atoms with Gasteiger partial charge in [-0.3, -0.25) is 4.79 Å². The van der Waals surface area contributed by atoms with E-state index in [2.05, 4.69) is 10.6 Å². The van der Waals surface area contributed by atoms with Gasteiger partial charge in [0, 0.05) is 18.2 Å². The molecule has 1 aromatic carbocycles. The summed E-state index contributed by atoms with van der Waals surface area (Å²) >= 11 is 0. The van der Waals surface area contributed by atoms with Crippen LogP contribution >= 0.6 is 0 Å². The average molecular weight is 282 g/mol. The van der Waals surface area contributed by atoms with Crippen molar-refractivity contribution in [1.29, 1.82) is 0 Å². The lowest BCUT2D eigenvalue weighted by atomic mass is 10.1. The quantitative estimate of drug-likeness (QED) is 0.870. The molecule has 5 heteroatoms. The molecule has 1 fully saturated rings. The molecule has 0 aliphatic heterocycles. The maximum Gasteiger partial charge on any atom is 0.251 e. The first-order valence-electron chi connectivity index (χ1n) is 6.89. The Labute approximate surface area is 117 Å². The number of nitrogens with one attached hydrogen (secondary N) is 2. The minimum absolute atomic E-state index is 0.0183. The number of hydrogen-bond acceptors (Lipinski definition) is 2. The fraction of sp³-hybridized carbons (Fsp3) is 0.533. The maximum absolute atomic E-state index is 13.8. The van der Waals surface area contributed by atoms with E-state index in [1.54, 1.807) is 0 Å². The number of hydrogen-bond donors (Lipinski definition) is 2. The molecule has 1 aliphatic rings. The van der Waals surface area contributed by atoms with Gasteiger partial charge in [-0.1, -0.05) is 20.8 Å². The van der Waals surface area contributed by atoms with E-state index in [0.717, 1.165) is 25.0 Å². The molecule has 1 aromatic rings. The first-order valence-corrected chi connectivity index (χ1v) is 6.89. The van der Waals surface area contributed by atoms with Crippen LogP contribution in [0.3, 0.4) is 0 Å². The molecule has 3 nitrogen and oxygen atoms in total. The molecule has 0 aromatic heterocycles. The highest BCUT2D eigenvalue weighted by atomic mass is 19.1. The third-order valence-electron chi connectivity index (χ3n) is 3.67. The Morgan fingerprint density at radius 1 is 1.35 bits per heavy atom. The van der Waals surface area contributed by atoms with Gasteiger partial charge in [-0.25, -0.2) is 8.78 Å². The topological polar surface area (TPSA) is 41.1 Å². The Morgan fingerprint density at radius 2 is 1.90 bits per heavy atom. The van der Waals surface area contributed by atoms with E-state index in [1.807, 2.05) is 20.8 Å². The summed E-state index contributed by atoms with van der Waals surface area (Å²) < 4.78 is 27.6. The number of halogens is 2. The van der Waals surface area contributed by atoms with E-state index in [1.165, 1.54) is 0 Å².